The summed E-state index contributed by atoms with van der Waals surface area (Å²) >= 11 is 1.29. The molecule has 0 spiro atoms. The van der Waals surface area contributed by atoms with Crippen molar-refractivity contribution in [3.8, 4) is 0 Å². The van der Waals surface area contributed by atoms with Gasteiger partial charge in [0.1, 0.15) is 9.71 Å². The maximum atomic E-state index is 12.9. The van der Waals surface area contributed by atoms with Gasteiger partial charge in [-0.25, -0.2) is 0 Å². The van der Waals surface area contributed by atoms with Crippen LogP contribution >= 0.6 is 11.3 Å². The molecule has 3 heterocycles. The van der Waals surface area contributed by atoms with Gasteiger partial charge in [-0.15, -0.1) is 16.4 Å². The number of carbonyl (C=O) groups is 2. The van der Waals surface area contributed by atoms with E-state index in [1.54, 1.807) is 16.7 Å². The highest BCUT2D eigenvalue weighted by Gasteiger charge is 2.26. The molecular weight excluding hydrogens is 326 g/mol. The van der Waals surface area contributed by atoms with Crippen LogP contribution in [-0.4, -0.2) is 58.0 Å². The van der Waals surface area contributed by atoms with Crippen LogP contribution in [0.5, 0.6) is 0 Å². The van der Waals surface area contributed by atoms with Crippen molar-refractivity contribution in [2.24, 2.45) is 0 Å². The van der Waals surface area contributed by atoms with Crippen molar-refractivity contribution in [2.75, 3.05) is 31.9 Å². The van der Waals surface area contributed by atoms with E-state index in [-0.39, 0.29) is 11.8 Å². The Bertz CT molecular complexity index is 816. The molecule has 2 aromatic rings. The lowest BCUT2D eigenvalue weighted by Crippen LogP contribution is -2.36. The molecule has 0 radical (unpaired) electrons. The number of nitrogens with two attached hydrogens (primary N) is 1. The Hall–Kier alpha value is -2.22. The van der Waals surface area contributed by atoms with Crippen LogP contribution in [0.1, 0.15) is 34.3 Å². The summed E-state index contributed by atoms with van der Waals surface area (Å²) in [7, 11) is 0. The Balaban J connectivity index is 1.90. The molecule has 3 rings (SSSR count). The van der Waals surface area contributed by atoms with E-state index in [1.165, 1.54) is 11.3 Å². The van der Waals surface area contributed by atoms with Crippen molar-refractivity contribution < 1.29 is 9.59 Å². The largest absolute Gasteiger partial charge is 0.397 e. The molecule has 7 nitrogen and oxygen atoms in total. The number of nitrogens with zero attached hydrogens (tertiary/aromatic N) is 4. The zero-order chi connectivity index (χ0) is 17.4. The topological polar surface area (TPSA) is 92.4 Å². The summed E-state index contributed by atoms with van der Waals surface area (Å²) in [6.45, 7) is 7.78. The molecular formula is C16H21N5O2S. The second-order valence-electron chi connectivity index (χ2n) is 6.09. The van der Waals surface area contributed by atoms with Crippen LogP contribution in [0, 0.1) is 13.8 Å². The van der Waals surface area contributed by atoms with E-state index in [0.717, 1.165) is 23.1 Å². The Labute approximate surface area is 144 Å². The van der Waals surface area contributed by atoms with Crippen molar-refractivity contribution in [1.82, 2.24) is 20.0 Å². The van der Waals surface area contributed by atoms with Crippen LogP contribution in [0.4, 0.5) is 5.69 Å². The van der Waals surface area contributed by atoms with Gasteiger partial charge in [-0.1, -0.05) is 0 Å². The molecule has 2 aromatic heterocycles. The first-order chi connectivity index (χ1) is 11.4. The molecule has 2 amide bonds. The second-order valence-corrected chi connectivity index (χ2v) is 7.09. The molecule has 1 saturated heterocycles. The molecule has 1 aliphatic heterocycles. The number of fused-ring (bicyclic) bond motifs is 1. The maximum absolute atomic E-state index is 12.9. The summed E-state index contributed by atoms with van der Waals surface area (Å²) in [6, 6.07) is 0. The van der Waals surface area contributed by atoms with Gasteiger partial charge in [-0.2, -0.15) is 5.10 Å². The molecule has 8 heteroatoms. The number of carbonyl (C=O) groups excluding carboxylic acids is 2. The number of aromatic nitrogens is 2. The number of thiophene rings is 1. The Morgan fingerprint density at radius 2 is 1.75 bits per heavy atom. The van der Waals surface area contributed by atoms with Gasteiger partial charge in [-0.05, 0) is 25.8 Å². The monoisotopic (exact) mass is 347 g/mol. The standard InChI is InChI=1S/C16H21N5O2S/c1-9-10(2)18-19-15-12(9)13(17)14(24-15)16(23)21-6-4-5-20(7-8-21)11(3)22/h4-8,17H2,1-3H3. The minimum absolute atomic E-state index is 0.0482. The highest BCUT2D eigenvalue weighted by Crippen LogP contribution is 2.35. The Morgan fingerprint density at radius 1 is 1.08 bits per heavy atom. The molecule has 128 valence electrons. The summed E-state index contributed by atoms with van der Waals surface area (Å²) in [5, 5.41) is 9.11. The van der Waals surface area contributed by atoms with E-state index in [2.05, 4.69) is 10.2 Å². The number of aryl methyl sites for hydroxylation is 2. The third-order valence-corrected chi connectivity index (χ3v) is 5.64. The van der Waals surface area contributed by atoms with Crippen molar-refractivity contribution in [1.29, 1.82) is 0 Å². The van der Waals surface area contributed by atoms with E-state index >= 15 is 0 Å². The van der Waals surface area contributed by atoms with Gasteiger partial charge in [0.25, 0.3) is 5.91 Å². The molecule has 0 aliphatic carbocycles. The van der Waals surface area contributed by atoms with Gasteiger partial charge in [-0.3, -0.25) is 9.59 Å². The third-order valence-electron chi connectivity index (χ3n) is 4.56. The van der Waals surface area contributed by atoms with E-state index in [1.807, 2.05) is 13.8 Å². The normalized spacial score (nSPS) is 15.6. The smallest absolute Gasteiger partial charge is 0.266 e. The number of nitrogen functional groups attached to an aromatic ring is 1. The van der Waals surface area contributed by atoms with Crippen molar-refractivity contribution >= 4 is 39.1 Å². The molecule has 1 fully saturated rings. The number of amides is 2. The first-order valence-electron chi connectivity index (χ1n) is 7.96. The molecule has 0 bridgehead atoms. The van der Waals surface area contributed by atoms with Crippen molar-refractivity contribution in [3.63, 3.8) is 0 Å². The SMILES string of the molecule is CC(=O)N1CCCN(C(=O)c2sc3nnc(C)c(C)c3c2N)CC1. The lowest BCUT2D eigenvalue weighted by molar-refractivity contribution is -0.128. The average molecular weight is 347 g/mol. The molecule has 2 N–H and O–H groups in total. The third kappa shape index (κ3) is 2.82. The van der Waals surface area contributed by atoms with Gasteiger partial charge in [0.15, 0.2) is 0 Å². The predicted octanol–water partition coefficient (Wildman–Crippen LogP) is 1.58. The first kappa shape index (κ1) is 16.6. The summed E-state index contributed by atoms with van der Waals surface area (Å²) in [5.74, 6) is -0.0370. The van der Waals surface area contributed by atoms with E-state index in [9.17, 15) is 9.59 Å². The lowest BCUT2D eigenvalue weighted by Gasteiger charge is -2.21. The maximum Gasteiger partial charge on any atom is 0.266 e. The van der Waals surface area contributed by atoms with E-state index in [4.69, 9.17) is 5.73 Å². The number of anilines is 1. The van der Waals surface area contributed by atoms with Crippen LogP contribution in [0.3, 0.4) is 0 Å². The van der Waals surface area contributed by atoms with E-state index < -0.39 is 0 Å². The van der Waals surface area contributed by atoms with Crippen LogP contribution in [-0.2, 0) is 4.79 Å². The van der Waals surface area contributed by atoms with Gasteiger partial charge in [0.05, 0.1) is 11.4 Å². The minimum Gasteiger partial charge on any atom is -0.397 e. The fourth-order valence-electron chi connectivity index (χ4n) is 2.98. The summed E-state index contributed by atoms with van der Waals surface area (Å²) in [5.41, 5.74) is 8.53. The summed E-state index contributed by atoms with van der Waals surface area (Å²) in [4.78, 5) is 29.2. The highest BCUT2D eigenvalue weighted by molar-refractivity contribution is 7.21. The van der Waals surface area contributed by atoms with Crippen LogP contribution < -0.4 is 5.73 Å². The van der Waals surface area contributed by atoms with Gasteiger partial charge < -0.3 is 15.5 Å². The van der Waals surface area contributed by atoms with Crippen LogP contribution in [0.2, 0.25) is 0 Å². The Morgan fingerprint density at radius 3 is 2.46 bits per heavy atom. The van der Waals surface area contributed by atoms with E-state index in [0.29, 0.717) is 41.6 Å². The fraction of sp³-hybridized carbons (Fsp3) is 0.500. The zero-order valence-corrected chi connectivity index (χ0v) is 14.9. The van der Waals surface area contributed by atoms with Gasteiger partial charge >= 0.3 is 0 Å². The fourth-order valence-corrected chi connectivity index (χ4v) is 4.05. The number of hydrogen-bond acceptors (Lipinski definition) is 6. The van der Waals surface area contributed by atoms with Crippen LogP contribution in [0.15, 0.2) is 0 Å². The molecule has 0 saturated carbocycles. The summed E-state index contributed by atoms with van der Waals surface area (Å²) in [6.07, 6.45) is 0.772. The average Bonchev–Trinajstić information content (AvgIpc) is 2.74. The molecule has 0 aromatic carbocycles. The summed E-state index contributed by atoms with van der Waals surface area (Å²) < 4.78 is 0. The van der Waals surface area contributed by atoms with Gasteiger partial charge in [0, 0.05) is 38.5 Å². The lowest BCUT2D eigenvalue weighted by atomic mass is 10.1. The predicted molar refractivity (Wildman–Crippen MR) is 94.1 cm³/mol. The van der Waals surface area contributed by atoms with Crippen molar-refractivity contribution in [3.05, 3.63) is 16.1 Å². The second kappa shape index (κ2) is 6.35. The van der Waals surface area contributed by atoms with Crippen molar-refractivity contribution in [2.45, 2.75) is 27.2 Å². The quantitative estimate of drug-likeness (QED) is 0.845. The van der Waals surface area contributed by atoms with Gasteiger partial charge in [0.2, 0.25) is 5.91 Å². The number of hydrogen-bond donors (Lipinski definition) is 1. The minimum atomic E-state index is -0.0852. The molecule has 0 atom stereocenters. The molecule has 24 heavy (non-hydrogen) atoms. The van der Waals surface area contributed by atoms with Crippen LogP contribution in [0.25, 0.3) is 10.2 Å². The Kier molecular flexibility index (Phi) is 4.40. The number of rotatable bonds is 1. The first-order valence-corrected chi connectivity index (χ1v) is 8.78. The molecule has 1 aliphatic rings. The zero-order valence-electron chi connectivity index (χ0n) is 14.1. The highest BCUT2D eigenvalue weighted by atomic mass is 32.1. The molecule has 0 unspecified atom stereocenters.